The number of carbonyl (C=O) groups is 2. The van der Waals surface area contributed by atoms with E-state index in [0.717, 1.165) is 12.0 Å². The summed E-state index contributed by atoms with van der Waals surface area (Å²) in [5.41, 5.74) is 8.23. The van der Waals surface area contributed by atoms with E-state index >= 15 is 0 Å². The molecule has 0 aliphatic carbocycles. The number of nitrogens with one attached hydrogen (secondary N) is 1. The van der Waals surface area contributed by atoms with Crippen LogP contribution in [0.1, 0.15) is 36.5 Å². The summed E-state index contributed by atoms with van der Waals surface area (Å²) >= 11 is 5.95. The number of ketones is 1. The van der Waals surface area contributed by atoms with Crippen molar-refractivity contribution in [2.45, 2.75) is 38.8 Å². The second-order valence-electron chi connectivity index (χ2n) is 6.83. The molecular formula is C22H24ClN3O2. The first-order valence-corrected chi connectivity index (χ1v) is 9.57. The van der Waals surface area contributed by atoms with Gasteiger partial charge in [-0.1, -0.05) is 48.9 Å². The summed E-state index contributed by atoms with van der Waals surface area (Å²) in [6.07, 6.45) is 1.35. The number of aryl methyl sites for hydroxylation is 1. The molecule has 2 rings (SSSR count). The highest BCUT2D eigenvalue weighted by Crippen LogP contribution is 2.16. The Bertz CT molecular complexity index is 862. The molecule has 0 saturated heterocycles. The number of nitrogens with two attached hydrogens (primary N) is 1. The molecular weight excluding hydrogens is 374 g/mol. The van der Waals surface area contributed by atoms with E-state index in [2.05, 4.69) is 11.4 Å². The fourth-order valence-electron chi connectivity index (χ4n) is 2.85. The topological polar surface area (TPSA) is 96.0 Å². The number of nitriles is 1. The van der Waals surface area contributed by atoms with Gasteiger partial charge in [0, 0.05) is 23.9 Å². The van der Waals surface area contributed by atoms with E-state index in [9.17, 15) is 9.59 Å². The van der Waals surface area contributed by atoms with Crippen LogP contribution in [-0.2, 0) is 22.6 Å². The normalized spacial score (nSPS) is 12.6. The van der Waals surface area contributed by atoms with Gasteiger partial charge >= 0.3 is 0 Å². The van der Waals surface area contributed by atoms with Crippen LogP contribution in [0.15, 0.2) is 48.5 Å². The summed E-state index contributed by atoms with van der Waals surface area (Å²) < 4.78 is 0. The molecule has 0 radical (unpaired) electrons. The van der Waals surface area contributed by atoms with Crippen molar-refractivity contribution < 1.29 is 9.59 Å². The summed E-state index contributed by atoms with van der Waals surface area (Å²) in [6.45, 7) is 1.88. The smallest absolute Gasteiger partial charge is 0.223 e. The van der Waals surface area contributed by atoms with Gasteiger partial charge in [-0.15, -0.1) is 0 Å². The number of rotatable bonds is 9. The summed E-state index contributed by atoms with van der Waals surface area (Å²) in [7, 11) is 0. The van der Waals surface area contributed by atoms with Gasteiger partial charge in [-0.05, 0) is 42.2 Å². The van der Waals surface area contributed by atoms with Crippen LogP contribution in [0, 0.1) is 17.2 Å². The van der Waals surface area contributed by atoms with Crippen molar-refractivity contribution in [2.24, 2.45) is 11.7 Å². The Morgan fingerprint density at radius 2 is 1.93 bits per heavy atom. The highest BCUT2D eigenvalue weighted by atomic mass is 35.5. The Labute approximate surface area is 170 Å². The fraction of sp³-hybridized carbons (Fsp3) is 0.318. The molecule has 3 N–H and O–H groups in total. The molecule has 28 heavy (non-hydrogen) atoms. The third kappa shape index (κ3) is 6.49. The lowest BCUT2D eigenvalue weighted by Gasteiger charge is -2.15. The van der Waals surface area contributed by atoms with Gasteiger partial charge < -0.3 is 11.1 Å². The Morgan fingerprint density at radius 1 is 1.21 bits per heavy atom. The molecule has 0 bridgehead atoms. The highest BCUT2D eigenvalue weighted by Gasteiger charge is 2.21. The lowest BCUT2D eigenvalue weighted by molar-refractivity contribution is -0.129. The van der Waals surface area contributed by atoms with Gasteiger partial charge in [0.1, 0.15) is 5.78 Å². The maximum Gasteiger partial charge on any atom is 0.223 e. The third-order valence-corrected chi connectivity index (χ3v) is 4.83. The van der Waals surface area contributed by atoms with Crippen LogP contribution in [0.25, 0.3) is 0 Å². The van der Waals surface area contributed by atoms with Crippen LogP contribution in [-0.4, -0.2) is 17.7 Å². The van der Waals surface area contributed by atoms with Crippen LogP contribution < -0.4 is 11.1 Å². The van der Waals surface area contributed by atoms with E-state index < -0.39 is 12.0 Å². The zero-order valence-electron chi connectivity index (χ0n) is 15.8. The first kappa shape index (κ1) is 21.6. The zero-order valence-corrected chi connectivity index (χ0v) is 16.6. The van der Waals surface area contributed by atoms with Gasteiger partial charge in [-0.25, -0.2) is 0 Å². The summed E-state index contributed by atoms with van der Waals surface area (Å²) in [5.74, 6) is -0.883. The van der Waals surface area contributed by atoms with Crippen LogP contribution in [0.3, 0.4) is 0 Å². The van der Waals surface area contributed by atoms with E-state index in [0.29, 0.717) is 22.6 Å². The minimum absolute atomic E-state index is 0.0858. The molecule has 2 atom stereocenters. The zero-order chi connectivity index (χ0) is 20.5. The van der Waals surface area contributed by atoms with Crippen LogP contribution in [0.5, 0.6) is 0 Å². The van der Waals surface area contributed by atoms with Gasteiger partial charge in [-0.3, -0.25) is 9.59 Å². The summed E-state index contributed by atoms with van der Waals surface area (Å²) in [5, 5.41) is 12.4. The number of carbonyl (C=O) groups excluding carboxylic acids is 2. The predicted molar refractivity (Wildman–Crippen MR) is 110 cm³/mol. The van der Waals surface area contributed by atoms with E-state index in [-0.39, 0.29) is 24.7 Å². The summed E-state index contributed by atoms with van der Waals surface area (Å²) in [6, 6.07) is 16.2. The SMILES string of the molecule is C[C@H](CC(=O)[C@@H](N)CCc1ccccc1)C(=O)NCc1cc(Cl)ccc1C#N. The lowest BCUT2D eigenvalue weighted by atomic mass is 9.96. The number of halogens is 1. The second-order valence-corrected chi connectivity index (χ2v) is 7.27. The highest BCUT2D eigenvalue weighted by molar-refractivity contribution is 6.30. The number of Topliss-reactive ketones (excluding diaryl/α,β-unsaturated/α-hetero) is 1. The second kappa shape index (κ2) is 10.6. The standard InChI is InChI=1S/C22H24ClN3O2/c1-15(11-21(27)20(25)10-7-16-5-3-2-4-6-16)22(28)26-14-18-12-19(23)9-8-17(18)13-24/h2-6,8-9,12,15,20H,7,10-11,14,25H2,1H3,(H,26,28)/t15-,20+/m1/s1. The van der Waals surface area contributed by atoms with E-state index in [1.165, 1.54) is 0 Å². The van der Waals surface area contributed by atoms with Crippen LogP contribution in [0.4, 0.5) is 0 Å². The van der Waals surface area contributed by atoms with Crippen molar-refractivity contribution in [1.29, 1.82) is 5.26 Å². The average molecular weight is 398 g/mol. The Balaban J connectivity index is 1.82. The minimum Gasteiger partial charge on any atom is -0.352 e. The van der Waals surface area contributed by atoms with Crippen molar-refractivity contribution in [3.8, 4) is 6.07 Å². The van der Waals surface area contributed by atoms with Crippen molar-refractivity contribution >= 4 is 23.3 Å². The molecule has 0 aliphatic rings. The number of nitrogens with zero attached hydrogens (tertiary/aromatic N) is 1. The molecule has 5 nitrogen and oxygen atoms in total. The fourth-order valence-corrected chi connectivity index (χ4v) is 3.04. The van der Waals surface area contributed by atoms with Gasteiger partial charge in [-0.2, -0.15) is 5.26 Å². The molecule has 0 aliphatic heterocycles. The number of hydrogen-bond donors (Lipinski definition) is 2. The largest absolute Gasteiger partial charge is 0.352 e. The number of amides is 1. The Morgan fingerprint density at radius 3 is 2.61 bits per heavy atom. The number of benzene rings is 2. The van der Waals surface area contributed by atoms with Crippen molar-refractivity contribution in [1.82, 2.24) is 5.32 Å². The van der Waals surface area contributed by atoms with Crippen molar-refractivity contribution in [3.05, 3.63) is 70.2 Å². The lowest BCUT2D eigenvalue weighted by Crippen LogP contribution is -2.36. The Hall–Kier alpha value is -2.68. The maximum absolute atomic E-state index is 12.3. The summed E-state index contributed by atoms with van der Waals surface area (Å²) in [4.78, 5) is 24.7. The molecule has 1 amide bonds. The molecule has 146 valence electrons. The van der Waals surface area contributed by atoms with E-state index in [1.807, 2.05) is 30.3 Å². The van der Waals surface area contributed by atoms with Gasteiger partial charge in [0.05, 0.1) is 17.7 Å². The van der Waals surface area contributed by atoms with E-state index in [1.54, 1.807) is 25.1 Å². The van der Waals surface area contributed by atoms with Gasteiger partial charge in [0.15, 0.2) is 0 Å². The Kier molecular flexibility index (Phi) is 8.19. The monoisotopic (exact) mass is 397 g/mol. The maximum atomic E-state index is 12.3. The molecule has 0 saturated carbocycles. The first-order valence-electron chi connectivity index (χ1n) is 9.19. The minimum atomic E-state index is -0.589. The molecule has 0 spiro atoms. The average Bonchev–Trinajstić information content (AvgIpc) is 2.70. The molecule has 0 fully saturated rings. The van der Waals surface area contributed by atoms with Crippen LogP contribution in [0.2, 0.25) is 5.02 Å². The molecule has 0 aromatic heterocycles. The predicted octanol–water partition coefficient (Wildman–Crippen LogP) is 3.38. The molecule has 0 unspecified atom stereocenters. The van der Waals surface area contributed by atoms with Gasteiger partial charge in [0.25, 0.3) is 0 Å². The van der Waals surface area contributed by atoms with Crippen molar-refractivity contribution in [2.75, 3.05) is 0 Å². The quantitative estimate of drug-likeness (QED) is 0.677. The van der Waals surface area contributed by atoms with Gasteiger partial charge in [0.2, 0.25) is 5.91 Å². The first-order chi connectivity index (χ1) is 13.4. The molecule has 2 aromatic rings. The third-order valence-electron chi connectivity index (χ3n) is 4.60. The molecule has 0 heterocycles. The molecule has 6 heteroatoms. The van der Waals surface area contributed by atoms with Crippen molar-refractivity contribution in [3.63, 3.8) is 0 Å². The van der Waals surface area contributed by atoms with E-state index in [4.69, 9.17) is 22.6 Å². The molecule has 2 aromatic carbocycles. The van der Waals surface area contributed by atoms with Crippen LogP contribution >= 0.6 is 11.6 Å². The number of hydrogen-bond acceptors (Lipinski definition) is 4.